The number of carbonyl (C=O) groups excluding carboxylic acids is 2. The zero-order chi connectivity index (χ0) is 25.5. The third kappa shape index (κ3) is 10.8. The van der Waals surface area contributed by atoms with Crippen molar-refractivity contribution in [1.29, 1.82) is 0 Å². The number of nitrogens with one attached hydrogen (secondary N) is 2. The molecule has 0 unspecified atom stereocenters. The van der Waals surface area contributed by atoms with Crippen molar-refractivity contribution in [2.75, 3.05) is 0 Å². The number of nitrogens with zero attached hydrogens (tertiary/aromatic N) is 4. The van der Waals surface area contributed by atoms with Crippen LogP contribution in [0.25, 0.3) is 0 Å². The van der Waals surface area contributed by atoms with Gasteiger partial charge in [-0.15, -0.1) is 0 Å². The second-order valence-electron chi connectivity index (χ2n) is 7.56. The molecule has 0 saturated heterocycles. The molecule has 0 spiro atoms. The second kappa shape index (κ2) is 14.6. The lowest BCUT2D eigenvalue weighted by molar-refractivity contribution is -0.385. The summed E-state index contributed by atoms with van der Waals surface area (Å²) < 4.78 is 0. The summed E-state index contributed by atoms with van der Waals surface area (Å²) in [5.74, 6) is -0.486. The van der Waals surface area contributed by atoms with E-state index in [0.717, 1.165) is 19.3 Å². The quantitative estimate of drug-likeness (QED) is 0.179. The highest BCUT2D eigenvalue weighted by atomic mass is 16.6. The fraction of sp³-hybridized carbons (Fsp3) is 0.304. The van der Waals surface area contributed by atoms with Gasteiger partial charge in [-0.3, -0.25) is 29.8 Å². The molecule has 2 aromatic rings. The Morgan fingerprint density at radius 3 is 1.51 bits per heavy atom. The van der Waals surface area contributed by atoms with Crippen molar-refractivity contribution in [3.8, 4) is 0 Å². The van der Waals surface area contributed by atoms with Crippen LogP contribution in [0.15, 0.2) is 58.7 Å². The van der Waals surface area contributed by atoms with Gasteiger partial charge in [-0.1, -0.05) is 43.5 Å². The van der Waals surface area contributed by atoms with Crippen LogP contribution in [0.1, 0.15) is 56.1 Å². The molecule has 0 bridgehead atoms. The molecule has 184 valence electrons. The summed E-state index contributed by atoms with van der Waals surface area (Å²) in [6, 6.07) is 11.8. The Morgan fingerprint density at radius 2 is 1.11 bits per heavy atom. The zero-order valence-corrected chi connectivity index (χ0v) is 19.0. The molecular weight excluding hydrogens is 456 g/mol. The Labute approximate surface area is 201 Å². The molecule has 0 aliphatic rings. The third-order valence-corrected chi connectivity index (χ3v) is 4.78. The van der Waals surface area contributed by atoms with Gasteiger partial charge in [0.25, 0.3) is 11.4 Å². The number of unbranched alkanes of at least 4 members (excludes halogenated alkanes) is 4. The van der Waals surface area contributed by atoms with E-state index in [4.69, 9.17) is 0 Å². The summed E-state index contributed by atoms with van der Waals surface area (Å²) in [7, 11) is 0. The van der Waals surface area contributed by atoms with E-state index < -0.39 is 9.85 Å². The third-order valence-electron chi connectivity index (χ3n) is 4.78. The molecule has 12 heteroatoms. The van der Waals surface area contributed by atoms with Crippen LogP contribution < -0.4 is 10.9 Å². The summed E-state index contributed by atoms with van der Waals surface area (Å²) >= 11 is 0. The number of non-ortho nitro benzene ring substituents is 2. The minimum atomic E-state index is -0.500. The van der Waals surface area contributed by atoms with Gasteiger partial charge >= 0.3 is 0 Å². The van der Waals surface area contributed by atoms with Gasteiger partial charge in [-0.2, -0.15) is 10.2 Å². The van der Waals surface area contributed by atoms with E-state index in [2.05, 4.69) is 21.1 Å². The van der Waals surface area contributed by atoms with Gasteiger partial charge in [0.05, 0.1) is 22.3 Å². The van der Waals surface area contributed by atoms with E-state index in [1.54, 1.807) is 24.3 Å². The average Bonchev–Trinajstić information content (AvgIpc) is 2.83. The lowest BCUT2D eigenvalue weighted by Crippen LogP contribution is -2.17. The first-order chi connectivity index (χ1) is 16.8. The van der Waals surface area contributed by atoms with Crippen molar-refractivity contribution in [2.45, 2.75) is 44.9 Å². The van der Waals surface area contributed by atoms with Gasteiger partial charge < -0.3 is 0 Å². The first-order valence-electron chi connectivity index (χ1n) is 11.0. The van der Waals surface area contributed by atoms with Crippen molar-refractivity contribution in [3.63, 3.8) is 0 Å². The SMILES string of the molecule is O=C(CCCCCCCC(=O)NN=Cc1cccc([N+](=O)[O-])c1)NN=Cc1cccc([N+](=O)[O-])c1. The van der Waals surface area contributed by atoms with Crippen LogP contribution in [0, 0.1) is 20.2 Å². The summed E-state index contributed by atoms with van der Waals surface area (Å²) in [6.07, 6.45) is 7.19. The topological polar surface area (TPSA) is 169 Å². The number of amides is 2. The number of carbonyl (C=O) groups is 2. The molecule has 2 N–H and O–H groups in total. The fourth-order valence-corrected chi connectivity index (χ4v) is 3.01. The van der Waals surface area contributed by atoms with E-state index in [1.165, 1.54) is 36.7 Å². The zero-order valence-electron chi connectivity index (χ0n) is 19.0. The lowest BCUT2D eigenvalue weighted by Gasteiger charge is -2.02. The highest BCUT2D eigenvalue weighted by Gasteiger charge is 2.06. The Bertz CT molecular complexity index is 1020. The summed E-state index contributed by atoms with van der Waals surface area (Å²) in [6.45, 7) is 0. The summed E-state index contributed by atoms with van der Waals surface area (Å²) in [5.41, 5.74) is 5.72. The molecule has 0 aromatic heterocycles. The Morgan fingerprint density at radius 1 is 0.714 bits per heavy atom. The van der Waals surface area contributed by atoms with Gasteiger partial charge in [0.2, 0.25) is 11.8 Å². The average molecular weight is 482 g/mol. The Hall–Kier alpha value is -4.48. The normalized spacial score (nSPS) is 11.0. The highest BCUT2D eigenvalue weighted by Crippen LogP contribution is 2.12. The molecule has 0 atom stereocenters. The van der Waals surface area contributed by atoms with Crippen molar-refractivity contribution in [3.05, 3.63) is 79.9 Å². The molecule has 0 aliphatic heterocycles. The Kier molecular flexibility index (Phi) is 11.2. The highest BCUT2D eigenvalue weighted by molar-refractivity contribution is 5.83. The van der Waals surface area contributed by atoms with E-state index in [0.29, 0.717) is 36.8 Å². The second-order valence-corrected chi connectivity index (χ2v) is 7.56. The largest absolute Gasteiger partial charge is 0.273 e. The number of nitro groups is 2. The van der Waals surface area contributed by atoms with Gasteiger partial charge in [-0.25, -0.2) is 10.9 Å². The number of hydrogen-bond acceptors (Lipinski definition) is 8. The molecular formula is C23H26N6O6. The van der Waals surface area contributed by atoms with Crippen LogP contribution in [0.3, 0.4) is 0 Å². The van der Waals surface area contributed by atoms with Crippen molar-refractivity contribution in [2.24, 2.45) is 10.2 Å². The molecule has 0 saturated carbocycles. The maximum atomic E-state index is 11.8. The predicted octanol–water partition coefficient (Wildman–Crippen LogP) is 3.83. The molecule has 2 amide bonds. The molecule has 12 nitrogen and oxygen atoms in total. The minimum Gasteiger partial charge on any atom is -0.273 e. The van der Waals surface area contributed by atoms with Crippen LogP contribution in [0.5, 0.6) is 0 Å². The van der Waals surface area contributed by atoms with Crippen molar-refractivity contribution in [1.82, 2.24) is 10.9 Å². The van der Waals surface area contributed by atoms with Gasteiger partial charge in [0.1, 0.15) is 0 Å². The molecule has 0 fully saturated rings. The minimum absolute atomic E-state index is 0.0500. The number of benzene rings is 2. The maximum Gasteiger partial charge on any atom is 0.270 e. The predicted molar refractivity (Wildman–Crippen MR) is 130 cm³/mol. The molecule has 2 aromatic carbocycles. The fourth-order valence-electron chi connectivity index (χ4n) is 3.01. The van der Waals surface area contributed by atoms with Crippen LogP contribution >= 0.6 is 0 Å². The molecule has 0 heterocycles. The lowest BCUT2D eigenvalue weighted by atomic mass is 10.1. The van der Waals surface area contributed by atoms with Crippen LogP contribution in [0.2, 0.25) is 0 Å². The van der Waals surface area contributed by atoms with Gasteiger partial charge in [-0.05, 0) is 12.8 Å². The van der Waals surface area contributed by atoms with E-state index in [9.17, 15) is 29.8 Å². The molecule has 35 heavy (non-hydrogen) atoms. The smallest absolute Gasteiger partial charge is 0.270 e. The van der Waals surface area contributed by atoms with Crippen molar-refractivity contribution >= 4 is 35.6 Å². The van der Waals surface area contributed by atoms with E-state index in [-0.39, 0.29) is 23.2 Å². The first-order valence-corrected chi connectivity index (χ1v) is 11.0. The number of rotatable bonds is 14. The van der Waals surface area contributed by atoms with Crippen molar-refractivity contribution < 1.29 is 19.4 Å². The van der Waals surface area contributed by atoms with Gasteiger partial charge in [0.15, 0.2) is 0 Å². The van der Waals surface area contributed by atoms with E-state index >= 15 is 0 Å². The maximum absolute atomic E-state index is 11.8. The molecule has 2 rings (SSSR count). The van der Waals surface area contributed by atoms with Crippen LogP contribution in [-0.4, -0.2) is 34.1 Å². The van der Waals surface area contributed by atoms with Crippen LogP contribution in [-0.2, 0) is 9.59 Å². The number of hydrogen-bond donors (Lipinski definition) is 2. The molecule has 0 aliphatic carbocycles. The standard InChI is InChI=1S/C23H26N6O6/c30-22(26-24-16-18-8-6-10-20(14-18)28(32)33)12-4-2-1-3-5-13-23(31)27-25-17-19-9-7-11-21(15-19)29(34)35/h6-11,14-17H,1-5,12-13H2,(H,26,30)(H,27,31). The Balaban J connectivity index is 1.52. The summed E-state index contributed by atoms with van der Waals surface area (Å²) in [5, 5.41) is 29.1. The monoisotopic (exact) mass is 482 g/mol. The summed E-state index contributed by atoms with van der Waals surface area (Å²) in [4.78, 5) is 44.1. The van der Waals surface area contributed by atoms with E-state index in [1.807, 2.05) is 0 Å². The molecule has 0 radical (unpaired) electrons. The number of nitro benzene ring substituents is 2. The number of hydrazone groups is 2. The van der Waals surface area contributed by atoms with Crippen LogP contribution in [0.4, 0.5) is 11.4 Å². The first kappa shape index (κ1) is 26.8. The van der Waals surface area contributed by atoms with Gasteiger partial charge in [0, 0.05) is 48.2 Å².